The number of nitrogens with zero attached hydrogens (tertiary/aromatic N) is 1. The molecule has 0 saturated heterocycles. The van der Waals surface area contributed by atoms with Crippen molar-refractivity contribution in [2.45, 2.75) is 58.2 Å². The number of aryl methyl sites for hydroxylation is 1. The molecule has 2 heteroatoms. The van der Waals surface area contributed by atoms with Gasteiger partial charge in [-0.05, 0) is 31.4 Å². The van der Waals surface area contributed by atoms with Gasteiger partial charge in [0.15, 0.2) is 0 Å². The molecule has 1 aromatic heterocycles. The molecule has 1 heterocycles. The maximum absolute atomic E-state index is 3.75. The van der Waals surface area contributed by atoms with Crippen molar-refractivity contribution in [1.29, 1.82) is 0 Å². The second kappa shape index (κ2) is 5.79. The average molecular weight is 256 g/mol. The Balaban J connectivity index is 1.76. The van der Waals surface area contributed by atoms with Crippen LogP contribution in [0.1, 0.15) is 44.6 Å². The molecule has 0 atom stereocenters. The van der Waals surface area contributed by atoms with Gasteiger partial charge in [-0.1, -0.05) is 37.5 Å². The first-order chi connectivity index (χ1) is 9.38. The summed E-state index contributed by atoms with van der Waals surface area (Å²) < 4.78 is 2.35. The van der Waals surface area contributed by atoms with Crippen LogP contribution >= 0.6 is 0 Å². The van der Waals surface area contributed by atoms with Gasteiger partial charge in [0.2, 0.25) is 0 Å². The minimum atomic E-state index is 0.734. The summed E-state index contributed by atoms with van der Waals surface area (Å²) in [6.45, 7) is 4.27. The minimum Gasteiger partial charge on any atom is -0.347 e. The average Bonchev–Trinajstić information content (AvgIpc) is 2.84. The highest BCUT2D eigenvalue weighted by atomic mass is 15.0. The first kappa shape index (κ1) is 12.7. The second-order valence-electron chi connectivity index (χ2n) is 5.67. The van der Waals surface area contributed by atoms with Crippen molar-refractivity contribution >= 4 is 10.9 Å². The highest BCUT2D eigenvalue weighted by molar-refractivity contribution is 5.83. The summed E-state index contributed by atoms with van der Waals surface area (Å²) >= 11 is 0. The van der Waals surface area contributed by atoms with Crippen LogP contribution in [0.5, 0.6) is 0 Å². The van der Waals surface area contributed by atoms with Crippen molar-refractivity contribution in [2.75, 3.05) is 0 Å². The molecular formula is C17H24N2. The van der Waals surface area contributed by atoms with Gasteiger partial charge < -0.3 is 9.88 Å². The van der Waals surface area contributed by atoms with Crippen molar-refractivity contribution in [3.63, 3.8) is 0 Å². The Morgan fingerprint density at radius 2 is 1.95 bits per heavy atom. The van der Waals surface area contributed by atoms with Crippen molar-refractivity contribution < 1.29 is 0 Å². The fraction of sp³-hybridized carbons (Fsp3) is 0.529. The Hall–Kier alpha value is -1.28. The minimum absolute atomic E-state index is 0.734. The fourth-order valence-electron chi connectivity index (χ4n) is 3.29. The molecule has 0 amide bonds. The Kier molecular flexibility index (Phi) is 3.88. The molecule has 1 aromatic carbocycles. The summed E-state index contributed by atoms with van der Waals surface area (Å²) in [6.07, 6.45) is 9.25. The quantitative estimate of drug-likeness (QED) is 0.872. The van der Waals surface area contributed by atoms with Crippen LogP contribution in [0.3, 0.4) is 0 Å². The smallest absolute Gasteiger partial charge is 0.0483 e. The number of para-hydroxylation sites is 1. The molecular weight excluding hydrogens is 232 g/mol. The van der Waals surface area contributed by atoms with E-state index in [2.05, 4.69) is 47.3 Å². The topological polar surface area (TPSA) is 17.0 Å². The van der Waals surface area contributed by atoms with E-state index in [0.717, 1.165) is 19.1 Å². The number of benzene rings is 1. The molecule has 1 aliphatic rings. The molecule has 1 fully saturated rings. The number of nitrogens with one attached hydrogen (secondary N) is 1. The van der Waals surface area contributed by atoms with Crippen LogP contribution in [0.25, 0.3) is 10.9 Å². The zero-order valence-corrected chi connectivity index (χ0v) is 11.9. The van der Waals surface area contributed by atoms with Gasteiger partial charge in [-0.25, -0.2) is 0 Å². The normalized spacial score (nSPS) is 17.1. The summed E-state index contributed by atoms with van der Waals surface area (Å²) in [5, 5.41) is 5.16. The second-order valence-corrected chi connectivity index (χ2v) is 5.67. The molecule has 0 unspecified atom stereocenters. The lowest BCUT2D eigenvalue weighted by atomic mass is 9.95. The first-order valence-corrected chi connectivity index (χ1v) is 7.68. The SMILES string of the molecule is CCn1cc(CNC2CCCCC2)c2ccccc21. The Morgan fingerprint density at radius 1 is 1.16 bits per heavy atom. The summed E-state index contributed by atoms with van der Waals surface area (Å²) in [5.74, 6) is 0. The summed E-state index contributed by atoms with van der Waals surface area (Å²) in [4.78, 5) is 0. The van der Waals surface area contributed by atoms with Crippen LogP contribution in [0.15, 0.2) is 30.5 Å². The monoisotopic (exact) mass is 256 g/mol. The fourth-order valence-corrected chi connectivity index (χ4v) is 3.29. The first-order valence-electron chi connectivity index (χ1n) is 7.68. The maximum atomic E-state index is 3.75. The van der Waals surface area contributed by atoms with E-state index < -0.39 is 0 Å². The molecule has 0 radical (unpaired) electrons. The number of aromatic nitrogens is 1. The van der Waals surface area contributed by atoms with Crippen LogP contribution < -0.4 is 5.32 Å². The number of hydrogen-bond acceptors (Lipinski definition) is 1. The van der Waals surface area contributed by atoms with E-state index in [1.807, 2.05) is 0 Å². The summed E-state index contributed by atoms with van der Waals surface area (Å²) in [7, 11) is 0. The van der Waals surface area contributed by atoms with Crippen molar-refractivity contribution in [3.05, 3.63) is 36.0 Å². The molecule has 3 rings (SSSR count). The standard InChI is InChI=1S/C17H24N2/c1-2-19-13-14(16-10-6-7-11-17(16)19)12-18-15-8-4-3-5-9-15/h6-7,10-11,13,15,18H,2-5,8-9,12H2,1H3. The third kappa shape index (κ3) is 2.69. The van der Waals surface area contributed by atoms with Gasteiger partial charge in [0.1, 0.15) is 0 Å². The van der Waals surface area contributed by atoms with Crippen LogP contribution in [0.4, 0.5) is 0 Å². The van der Waals surface area contributed by atoms with E-state index in [9.17, 15) is 0 Å². The maximum Gasteiger partial charge on any atom is 0.0483 e. The third-order valence-electron chi connectivity index (χ3n) is 4.40. The molecule has 0 bridgehead atoms. The van der Waals surface area contributed by atoms with Crippen molar-refractivity contribution in [3.8, 4) is 0 Å². The summed E-state index contributed by atoms with van der Waals surface area (Å²) in [6, 6.07) is 9.49. The van der Waals surface area contributed by atoms with Gasteiger partial charge >= 0.3 is 0 Å². The van der Waals surface area contributed by atoms with Crippen LogP contribution in [0, 0.1) is 0 Å². The van der Waals surface area contributed by atoms with Gasteiger partial charge in [-0.15, -0.1) is 0 Å². The van der Waals surface area contributed by atoms with E-state index >= 15 is 0 Å². The molecule has 1 saturated carbocycles. The zero-order valence-electron chi connectivity index (χ0n) is 11.9. The largest absolute Gasteiger partial charge is 0.347 e. The van der Waals surface area contributed by atoms with E-state index in [-0.39, 0.29) is 0 Å². The van der Waals surface area contributed by atoms with Gasteiger partial charge in [-0.3, -0.25) is 0 Å². The van der Waals surface area contributed by atoms with Crippen LogP contribution in [-0.2, 0) is 13.1 Å². The lowest BCUT2D eigenvalue weighted by molar-refractivity contribution is 0.372. The highest BCUT2D eigenvalue weighted by Crippen LogP contribution is 2.22. The molecule has 102 valence electrons. The number of hydrogen-bond donors (Lipinski definition) is 1. The Labute approximate surface area is 115 Å². The van der Waals surface area contributed by atoms with Gasteiger partial charge in [0.05, 0.1) is 0 Å². The molecule has 0 spiro atoms. The molecule has 2 nitrogen and oxygen atoms in total. The summed E-state index contributed by atoms with van der Waals surface area (Å²) in [5.41, 5.74) is 2.81. The predicted molar refractivity (Wildman–Crippen MR) is 81.3 cm³/mol. The predicted octanol–water partition coefficient (Wildman–Crippen LogP) is 4.08. The van der Waals surface area contributed by atoms with Crippen LogP contribution in [0.2, 0.25) is 0 Å². The number of rotatable bonds is 4. The van der Waals surface area contributed by atoms with Crippen molar-refractivity contribution in [1.82, 2.24) is 9.88 Å². The van der Waals surface area contributed by atoms with Crippen molar-refractivity contribution in [2.24, 2.45) is 0 Å². The van der Waals surface area contributed by atoms with Crippen LogP contribution in [-0.4, -0.2) is 10.6 Å². The van der Waals surface area contributed by atoms with E-state index in [0.29, 0.717) is 0 Å². The van der Waals surface area contributed by atoms with E-state index in [1.54, 1.807) is 0 Å². The Morgan fingerprint density at radius 3 is 2.74 bits per heavy atom. The molecule has 1 aliphatic carbocycles. The Bertz CT molecular complexity index is 535. The third-order valence-corrected chi connectivity index (χ3v) is 4.40. The van der Waals surface area contributed by atoms with Gasteiger partial charge in [0.25, 0.3) is 0 Å². The van der Waals surface area contributed by atoms with E-state index in [4.69, 9.17) is 0 Å². The van der Waals surface area contributed by atoms with Gasteiger partial charge in [0, 0.05) is 36.2 Å². The molecule has 19 heavy (non-hydrogen) atoms. The lowest BCUT2D eigenvalue weighted by Crippen LogP contribution is -2.30. The lowest BCUT2D eigenvalue weighted by Gasteiger charge is -2.22. The molecule has 2 aromatic rings. The molecule has 0 aliphatic heterocycles. The zero-order chi connectivity index (χ0) is 13.1. The number of fused-ring (bicyclic) bond motifs is 1. The molecule has 1 N–H and O–H groups in total. The highest BCUT2D eigenvalue weighted by Gasteiger charge is 2.14. The van der Waals surface area contributed by atoms with E-state index in [1.165, 1.54) is 48.6 Å². The van der Waals surface area contributed by atoms with Gasteiger partial charge in [-0.2, -0.15) is 0 Å².